The fourth-order valence-electron chi connectivity index (χ4n) is 1.26. The van der Waals surface area contributed by atoms with Gasteiger partial charge in [-0.05, 0) is 24.4 Å². The van der Waals surface area contributed by atoms with E-state index in [9.17, 15) is 4.79 Å². The predicted molar refractivity (Wildman–Crippen MR) is 57.9 cm³/mol. The molecule has 1 heterocycles. The number of carbonyl (C=O) groups excluding carboxylic acids is 1. The Morgan fingerprint density at radius 3 is 2.86 bits per heavy atom. The molecular formula is C8H8N4OS. The molecular weight excluding hydrogens is 200 g/mol. The average molecular weight is 208 g/mol. The van der Waals surface area contributed by atoms with Crippen molar-refractivity contribution in [1.82, 2.24) is 5.43 Å². The number of fused-ring (bicyclic) bond motifs is 1. The molecule has 2 rings (SSSR count). The van der Waals surface area contributed by atoms with Crippen LogP contribution in [0.3, 0.4) is 0 Å². The number of rotatable bonds is 0. The Balaban J connectivity index is 2.48. The monoisotopic (exact) mass is 208 g/mol. The summed E-state index contributed by atoms with van der Waals surface area (Å²) in [5, 5.41) is 4.11. The van der Waals surface area contributed by atoms with Crippen molar-refractivity contribution in [3.63, 3.8) is 0 Å². The van der Waals surface area contributed by atoms with Gasteiger partial charge in [0, 0.05) is 0 Å². The molecule has 0 fully saturated rings. The molecule has 5 nitrogen and oxygen atoms in total. The molecule has 0 radical (unpaired) electrons. The Morgan fingerprint density at radius 1 is 1.43 bits per heavy atom. The van der Waals surface area contributed by atoms with Crippen molar-refractivity contribution < 1.29 is 4.79 Å². The summed E-state index contributed by atoms with van der Waals surface area (Å²) in [5.41, 5.74) is 9.37. The number of nitrogens with one attached hydrogen (secondary N) is 2. The molecule has 1 aromatic rings. The van der Waals surface area contributed by atoms with Crippen LogP contribution in [0.5, 0.6) is 0 Å². The highest BCUT2D eigenvalue weighted by Crippen LogP contribution is 2.26. The summed E-state index contributed by atoms with van der Waals surface area (Å²) in [5.74, 6) is 0. The number of para-hydroxylation sites is 2. The molecule has 1 aromatic carbocycles. The fraction of sp³-hybridized carbons (Fsp3) is 0. The van der Waals surface area contributed by atoms with Gasteiger partial charge >= 0.3 is 6.03 Å². The van der Waals surface area contributed by atoms with E-state index < -0.39 is 0 Å². The minimum atomic E-state index is -0.350. The van der Waals surface area contributed by atoms with E-state index in [-0.39, 0.29) is 11.1 Å². The van der Waals surface area contributed by atoms with Gasteiger partial charge < -0.3 is 11.1 Å². The average Bonchev–Trinajstić information content (AvgIpc) is 2.16. The van der Waals surface area contributed by atoms with Crippen LogP contribution < -0.4 is 21.5 Å². The first-order valence-corrected chi connectivity index (χ1v) is 4.35. The number of amides is 2. The van der Waals surface area contributed by atoms with Crippen molar-refractivity contribution >= 4 is 34.7 Å². The lowest BCUT2D eigenvalue weighted by molar-refractivity contribution is 0.252. The van der Waals surface area contributed by atoms with E-state index in [1.54, 1.807) is 12.1 Å². The molecule has 4 N–H and O–H groups in total. The quantitative estimate of drug-likeness (QED) is 0.551. The highest BCUT2D eigenvalue weighted by atomic mass is 32.1. The lowest BCUT2D eigenvalue weighted by atomic mass is 10.2. The third-order valence-electron chi connectivity index (χ3n) is 1.83. The fourth-order valence-corrected chi connectivity index (χ4v) is 1.40. The van der Waals surface area contributed by atoms with E-state index >= 15 is 0 Å². The van der Waals surface area contributed by atoms with Gasteiger partial charge in [0.05, 0.1) is 11.4 Å². The Morgan fingerprint density at radius 2 is 2.14 bits per heavy atom. The normalized spacial score (nSPS) is 14.0. The smallest absolute Gasteiger partial charge is 0.338 e. The lowest BCUT2D eigenvalue weighted by Crippen LogP contribution is -2.53. The van der Waals surface area contributed by atoms with Crippen LogP contribution in [-0.4, -0.2) is 11.1 Å². The molecule has 0 unspecified atom stereocenters. The second-order valence-electron chi connectivity index (χ2n) is 2.76. The zero-order chi connectivity index (χ0) is 10.1. The van der Waals surface area contributed by atoms with Crippen molar-refractivity contribution in [3.05, 3.63) is 24.3 Å². The van der Waals surface area contributed by atoms with Gasteiger partial charge in [-0.1, -0.05) is 12.1 Å². The van der Waals surface area contributed by atoms with Crippen LogP contribution in [-0.2, 0) is 0 Å². The van der Waals surface area contributed by atoms with Crippen molar-refractivity contribution in [2.45, 2.75) is 0 Å². The van der Waals surface area contributed by atoms with E-state index in [4.69, 9.17) is 18.0 Å². The first-order chi connectivity index (χ1) is 6.68. The zero-order valence-corrected chi connectivity index (χ0v) is 7.97. The number of urea groups is 1. The van der Waals surface area contributed by atoms with E-state index in [0.29, 0.717) is 5.69 Å². The summed E-state index contributed by atoms with van der Waals surface area (Å²) in [7, 11) is 0. The SMILES string of the molecule is NC(=S)N1NC(=O)Nc2ccccc21. The summed E-state index contributed by atoms with van der Waals surface area (Å²) in [6.07, 6.45) is 0. The van der Waals surface area contributed by atoms with Crippen LogP contribution in [0.15, 0.2) is 24.3 Å². The minimum Gasteiger partial charge on any atom is -0.374 e. The highest BCUT2D eigenvalue weighted by molar-refractivity contribution is 7.80. The second-order valence-corrected chi connectivity index (χ2v) is 3.18. The Hall–Kier alpha value is -1.82. The number of nitrogens with zero attached hydrogens (tertiary/aromatic N) is 1. The predicted octanol–water partition coefficient (Wildman–Crippen LogP) is 0.787. The summed E-state index contributed by atoms with van der Waals surface area (Å²) in [6.45, 7) is 0. The number of anilines is 2. The van der Waals surface area contributed by atoms with Gasteiger partial charge in [-0.3, -0.25) is 0 Å². The number of hydrogen-bond donors (Lipinski definition) is 3. The molecule has 72 valence electrons. The van der Waals surface area contributed by atoms with Crippen LogP contribution in [0.4, 0.5) is 16.2 Å². The number of hydrazine groups is 1. The summed E-state index contributed by atoms with van der Waals surface area (Å²) in [6, 6.07) is 6.89. The van der Waals surface area contributed by atoms with Crippen LogP contribution in [0.2, 0.25) is 0 Å². The molecule has 0 spiro atoms. The van der Waals surface area contributed by atoms with Crippen molar-refractivity contribution in [3.8, 4) is 0 Å². The lowest BCUT2D eigenvalue weighted by Gasteiger charge is -2.29. The van der Waals surface area contributed by atoms with Crippen molar-refractivity contribution in [2.24, 2.45) is 5.73 Å². The molecule has 6 heteroatoms. The van der Waals surface area contributed by atoms with Gasteiger partial charge in [0.15, 0.2) is 5.11 Å². The van der Waals surface area contributed by atoms with Crippen molar-refractivity contribution in [2.75, 3.05) is 10.3 Å². The topological polar surface area (TPSA) is 70.4 Å². The molecule has 0 bridgehead atoms. The largest absolute Gasteiger partial charge is 0.374 e. The number of benzene rings is 1. The first kappa shape index (κ1) is 8.76. The van der Waals surface area contributed by atoms with Gasteiger partial charge in [0.25, 0.3) is 0 Å². The molecule has 0 atom stereocenters. The van der Waals surface area contributed by atoms with Crippen LogP contribution in [0.1, 0.15) is 0 Å². The third-order valence-corrected chi connectivity index (χ3v) is 2.01. The Bertz CT molecular complexity index is 406. The maximum Gasteiger partial charge on any atom is 0.338 e. The standard InChI is InChI=1S/C8H8N4OS/c9-7(14)12-6-4-2-1-3-5(6)10-8(13)11-12/h1-4H,(H2,9,14)(H2,10,11,13). The minimum absolute atomic E-state index is 0.104. The van der Waals surface area contributed by atoms with Gasteiger partial charge in [-0.2, -0.15) is 0 Å². The molecule has 1 aliphatic rings. The zero-order valence-electron chi connectivity index (χ0n) is 7.15. The van der Waals surface area contributed by atoms with E-state index in [1.165, 1.54) is 5.01 Å². The number of nitrogens with two attached hydrogens (primary N) is 1. The van der Waals surface area contributed by atoms with Crippen LogP contribution in [0, 0.1) is 0 Å². The number of thiocarbonyl (C=S) groups is 1. The first-order valence-electron chi connectivity index (χ1n) is 3.95. The third kappa shape index (κ3) is 1.35. The second kappa shape index (κ2) is 3.15. The summed E-state index contributed by atoms with van der Waals surface area (Å²) in [4.78, 5) is 11.2. The molecule has 14 heavy (non-hydrogen) atoms. The number of carbonyl (C=O) groups is 1. The Kier molecular flexibility index (Phi) is 1.97. The summed E-state index contributed by atoms with van der Waals surface area (Å²) < 4.78 is 0. The molecule has 0 saturated heterocycles. The highest BCUT2D eigenvalue weighted by Gasteiger charge is 2.21. The molecule has 0 aromatic heterocycles. The van der Waals surface area contributed by atoms with Crippen molar-refractivity contribution in [1.29, 1.82) is 0 Å². The van der Waals surface area contributed by atoms with Gasteiger partial charge in [-0.15, -0.1) is 0 Å². The molecule has 1 aliphatic heterocycles. The Labute approximate surface area is 85.8 Å². The summed E-state index contributed by atoms with van der Waals surface area (Å²) >= 11 is 4.81. The van der Waals surface area contributed by atoms with Crippen LogP contribution >= 0.6 is 12.2 Å². The molecule has 0 saturated carbocycles. The molecule has 2 amide bonds. The maximum atomic E-state index is 11.2. The van der Waals surface area contributed by atoms with Crippen LogP contribution in [0.25, 0.3) is 0 Å². The van der Waals surface area contributed by atoms with Gasteiger partial charge in [0.2, 0.25) is 0 Å². The van der Waals surface area contributed by atoms with Gasteiger partial charge in [0.1, 0.15) is 0 Å². The van der Waals surface area contributed by atoms with E-state index in [2.05, 4.69) is 10.7 Å². The maximum absolute atomic E-state index is 11.2. The van der Waals surface area contributed by atoms with Gasteiger partial charge in [-0.25, -0.2) is 15.2 Å². The van der Waals surface area contributed by atoms with E-state index in [0.717, 1.165) is 5.69 Å². The molecule has 0 aliphatic carbocycles. The van der Waals surface area contributed by atoms with E-state index in [1.807, 2.05) is 12.1 Å². The number of hydrogen-bond acceptors (Lipinski definition) is 2.